The second kappa shape index (κ2) is 6.03. The Bertz CT molecular complexity index is 515. The summed E-state index contributed by atoms with van der Waals surface area (Å²) in [6.45, 7) is 9.88. The van der Waals surface area contributed by atoms with Crippen molar-refractivity contribution in [2.24, 2.45) is 0 Å². The van der Waals surface area contributed by atoms with E-state index in [-0.39, 0.29) is 0 Å². The smallest absolute Gasteiger partial charge is 0.335 e. The molecule has 2 rings (SSSR count). The van der Waals surface area contributed by atoms with Gasteiger partial charge in [-0.2, -0.15) is 0 Å². The van der Waals surface area contributed by atoms with Gasteiger partial charge in [-0.15, -0.1) is 0 Å². The average Bonchev–Trinajstić information content (AvgIpc) is 2.38. The lowest BCUT2D eigenvalue weighted by molar-refractivity contribution is 0.0345. The zero-order valence-electron chi connectivity index (χ0n) is 13.0. The Kier molecular flexibility index (Phi) is 4.54. The van der Waals surface area contributed by atoms with E-state index in [0.29, 0.717) is 12.1 Å². The van der Waals surface area contributed by atoms with Gasteiger partial charge in [-0.05, 0) is 44.5 Å². The number of aryl methyl sites for hydroxylation is 1. The molecule has 116 valence electrons. The van der Waals surface area contributed by atoms with E-state index >= 15 is 0 Å². The molecule has 1 heterocycles. The lowest BCUT2D eigenvalue weighted by atomic mass is 10.1. The van der Waals surface area contributed by atoms with Gasteiger partial charge in [0, 0.05) is 38.4 Å². The summed E-state index contributed by atoms with van der Waals surface area (Å²) in [5.41, 5.74) is 1.76. The molecule has 5 nitrogen and oxygen atoms in total. The molecule has 0 aromatic heterocycles. The number of β-amino-alcohol motifs (C(OH)–C–C–N with tert-alkyl or cyclic N) is 1. The molecular formula is C16H24N2O3. The minimum atomic E-state index is -0.889. The Morgan fingerprint density at radius 2 is 1.86 bits per heavy atom. The second-order valence-corrected chi connectivity index (χ2v) is 6.38. The van der Waals surface area contributed by atoms with Gasteiger partial charge in [-0.25, -0.2) is 4.79 Å². The number of anilines is 1. The van der Waals surface area contributed by atoms with E-state index in [1.807, 2.05) is 26.8 Å². The molecule has 1 aliphatic rings. The highest BCUT2D eigenvalue weighted by molar-refractivity contribution is 5.88. The molecule has 0 radical (unpaired) electrons. The van der Waals surface area contributed by atoms with Gasteiger partial charge in [0.05, 0.1) is 11.2 Å². The van der Waals surface area contributed by atoms with Gasteiger partial charge in [0.15, 0.2) is 0 Å². The predicted molar refractivity (Wildman–Crippen MR) is 83.1 cm³/mol. The Morgan fingerprint density at radius 3 is 2.33 bits per heavy atom. The first kappa shape index (κ1) is 15.8. The van der Waals surface area contributed by atoms with E-state index in [0.717, 1.165) is 37.4 Å². The van der Waals surface area contributed by atoms with Crippen molar-refractivity contribution in [2.45, 2.75) is 26.4 Å². The van der Waals surface area contributed by atoms with Crippen molar-refractivity contribution in [1.29, 1.82) is 0 Å². The van der Waals surface area contributed by atoms with Gasteiger partial charge in [0.25, 0.3) is 0 Å². The van der Waals surface area contributed by atoms with Crippen molar-refractivity contribution in [3.8, 4) is 0 Å². The van der Waals surface area contributed by atoms with E-state index in [1.54, 1.807) is 12.1 Å². The van der Waals surface area contributed by atoms with Crippen molar-refractivity contribution in [3.05, 3.63) is 29.3 Å². The topological polar surface area (TPSA) is 64.0 Å². The standard InChI is InChI=1S/C16H24N2O3/c1-12-10-13(15(19)20)4-5-14(12)18-8-6-17(7-9-18)11-16(2,3)21/h4-5,10,21H,6-9,11H2,1-3H3,(H,19,20). The number of piperazine rings is 1. The third-order valence-electron chi connectivity index (χ3n) is 3.77. The van der Waals surface area contributed by atoms with E-state index in [2.05, 4.69) is 9.80 Å². The van der Waals surface area contributed by atoms with Crippen LogP contribution in [0.3, 0.4) is 0 Å². The maximum absolute atomic E-state index is 11.0. The highest BCUT2D eigenvalue weighted by Crippen LogP contribution is 2.23. The first-order chi connectivity index (χ1) is 9.76. The zero-order valence-corrected chi connectivity index (χ0v) is 13.0. The molecule has 1 fully saturated rings. The molecule has 1 saturated heterocycles. The SMILES string of the molecule is Cc1cc(C(=O)O)ccc1N1CCN(CC(C)(C)O)CC1. The van der Waals surface area contributed by atoms with Crippen LogP contribution in [0.2, 0.25) is 0 Å². The summed E-state index contributed by atoms with van der Waals surface area (Å²) in [5, 5.41) is 18.9. The number of nitrogens with zero attached hydrogens (tertiary/aromatic N) is 2. The van der Waals surface area contributed by atoms with Crippen LogP contribution >= 0.6 is 0 Å². The minimum Gasteiger partial charge on any atom is -0.478 e. The van der Waals surface area contributed by atoms with Crippen molar-refractivity contribution >= 4 is 11.7 Å². The zero-order chi connectivity index (χ0) is 15.6. The third kappa shape index (κ3) is 4.19. The molecule has 0 unspecified atom stereocenters. The normalized spacial score (nSPS) is 17.0. The van der Waals surface area contributed by atoms with Crippen LogP contribution < -0.4 is 4.90 Å². The average molecular weight is 292 g/mol. The first-order valence-corrected chi connectivity index (χ1v) is 7.30. The van der Waals surface area contributed by atoms with E-state index < -0.39 is 11.6 Å². The van der Waals surface area contributed by atoms with Gasteiger partial charge in [-0.3, -0.25) is 4.90 Å². The fourth-order valence-corrected chi connectivity index (χ4v) is 2.84. The van der Waals surface area contributed by atoms with Crippen molar-refractivity contribution in [2.75, 3.05) is 37.6 Å². The molecular weight excluding hydrogens is 268 g/mol. The summed E-state index contributed by atoms with van der Waals surface area (Å²) in [5.74, 6) is -0.889. The van der Waals surface area contributed by atoms with Crippen molar-refractivity contribution in [1.82, 2.24) is 4.90 Å². The van der Waals surface area contributed by atoms with Gasteiger partial charge < -0.3 is 15.1 Å². The maximum Gasteiger partial charge on any atom is 0.335 e. The molecule has 1 aromatic rings. The Balaban J connectivity index is 2.01. The number of aliphatic hydroxyl groups is 1. The number of carbonyl (C=O) groups is 1. The number of hydrogen-bond acceptors (Lipinski definition) is 4. The van der Waals surface area contributed by atoms with Gasteiger partial charge in [0.1, 0.15) is 0 Å². The lowest BCUT2D eigenvalue weighted by Crippen LogP contribution is -2.50. The van der Waals surface area contributed by atoms with Crippen molar-refractivity contribution in [3.63, 3.8) is 0 Å². The van der Waals surface area contributed by atoms with Crippen LogP contribution in [0.5, 0.6) is 0 Å². The molecule has 0 spiro atoms. The highest BCUT2D eigenvalue weighted by atomic mass is 16.4. The molecule has 0 atom stereocenters. The van der Waals surface area contributed by atoms with Crippen LogP contribution in [0.15, 0.2) is 18.2 Å². The summed E-state index contributed by atoms with van der Waals surface area (Å²) in [6, 6.07) is 5.28. The maximum atomic E-state index is 11.0. The number of hydrogen-bond donors (Lipinski definition) is 2. The van der Waals surface area contributed by atoms with Crippen LogP contribution in [0.4, 0.5) is 5.69 Å². The van der Waals surface area contributed by atoms with Crippen LogP contribution in [-0.4, -0.2) is 59.4 Å². The highest BCUT2D eigenvalue weighted by Gasteiger charge is 2.23. The second-order valence-electron chi connectivity index (χ2n) is 6.38. The molecule has 0 aliphatic carbocycles. The summed E-state index contributed by atoms with van der Waals surface area (Å²) < 4.78 is 0. The Hall–Kier alpha value is -1.59. The summed E-state index contributed by atoms with van der Waals surface area (Å²) in [6.07, 6.45) is 0. The number of carboxylic acid groups (broad SMARTS) is 1. The van der Waals surface area contributed by atoms with Gasteiger partial charge in [-0.1, -0.05) is 0 Å². The van der Waals surface area contributed by atoms with Crippen LogP contribution in [0, 0.1) is 6.92 Å². The summed E-state index contributed by atoms with van der Waals surface area (Å²) in [4.78, 5) is 15.5. The molecule has 1 aliphatic heterocycles. The van der Waals surface area contributed by atoms with E-state index in [9.17, 15) is 9.90 Å². The van der Waals surface area contributed by atoms with Gasteiger partial charge in [0.2, 0.25) is 0 Å². The summed E-state index contributed by atoms with van der Waals surface area (Å²) >= 11 is 0. The fourth-order valence-electron chi connectivity index (χ4n) is 2.84. The monoisotopic (exact) mass is 292 g/mol. The first-order valence-electron chi connectivity index (χ1n) is 7.30. The molecule has 1 aromatic carbocycles. The number of rotatable bonds is 4. The molecule has 5 heteroatoms. The van der Waals surface area contributed by atoms with Gasteiger partial charge >= 0.3 is 5.97 Å². The van der Waals surface area contributed by atoms with Crippen molar-refractivity contribution < 1.29 is 15.0 Å². The van der Waals surface area contributed by atoms with E-state index in [1.165, 1.54) is 0 Å². The quantitative estimate of drug-likeness (QED) is 0.882. The molecule has 2 N–H and O–H groups in total. The molecule has 0 saturated carbocycles. The van der Waals surface area contributed by atoms with Crippen LogP contribution in [0.1, 0.15) is 29.8 Å². The fraction of sp³-hybridized carbons (Fsp3) is 0.562. The number of benzene rings is 1. The van der Waals surface area contributed by atoms with Crippen LogP contribution in [-0.2, 0) is 0 Å². The minimum absolute atomic E-state index is 0.330. The lowest BCUT2D eigenvalue weighted by Gasteiger charge is -2.38. The molecule has 0 bridgehead atoms. The van der Waals surface area contributed by atoms with Crippen LogP contribution in [0.25, 0.3) is 0 Å². The number of aromatic carboxylic acids is 1. The molecule has 0 amide bonds. The molecule has 21 heavy (non-hydrogen) atoms. The largest absolute Gasteiger partial charge is 0.478 e. The Morgan fingerprint density at radius 1 is 1.24 bits per heavy atom. The Labute approximate surface area is 125 Å². The predicted octanol–water partition coefficient (Wildman–Crippen LogP) is 1.59. The summed E-state index contributed by atoms with van der Waals surface area (Å²) in [7, 11) is 0. The number of carboxylic acids is 1. The van der Waals surface area contributed by atoms with E-state index in [4.69, 9.17) is 5.11 Å². The third-order valence-corrected chi connectivity index (χ3v) is 3.77.